The highest BCUT2D eigenvalue weighted by molar-refractivity contribution is 5.40. The Morgan fingerprint density at radius 2 is 1.87 bits per heavy atom. The first kappa shape index (κ1) is 27.6. The van der Waals surface area contributed by atoms with Crippen LogP contribution in [0.2, 0.25) is 0 Å². The Morgan fingerprint density at radius 3 is 2.68 bits per heavy atom. The second-order valence-electron chi connectivity index (χ2n) is 12.8. The van der Waals surface area contributed by atoms with Crippen molar-refractivity contribution in [2.45, 2.75) is 96.0 Å². The Balaban J connectivity index is 1.08. The lowest BCUT2D eigenvalue weighted by atomic mass is 9.55. The molecule has 0 amide bonds. The number of fused-ring (bicyclic) bond motifs is 5. The Morgan fingerprint density at radius 1 is 1.03 bits per heavy atom. The van der Waals surface area contributed by atoms with Gasteiger partial charge >= 0.3 is 0 Å². The number of rotatable bonds is 12. The zero-order valence-electron chi connectivity index (χ0n) is 23.2. The van der Waals surface area contributed by atoms with Gasteiger partial charge in [-0.3, -0.25) is 4.98 Å². The fourth-order valence-electron chi connectivity index (χ4n) is 8.50. The largest absolute Gasteiger partial charge is 0.508 e. The first-order valence-corrected chi connectivity index (χ1v) is 15.2. The van der Waals surface area contributed by atoms with Gasteiger partial charge in [0.2, 0.25) is 0 Å². The Kier molecular flexibility index (Phi) is 8.76. The van der Waals surface area contributed by atoms with Gasteiger partial charge < -0.3 is 20.6 Å². The van der Waals surface area contributed by atoms with E-state index < -0.39 is 6.10 Å². The first-order chi connectivity index (χ1) is 18.5. The molecule has 0 radical (unpaired) electrons. The van der Waals surface area contributed by atoms with Crippen LogP contribution in [0.15, 0.2) is 42.6 Å². The summed E-state index contributed by atoms with van der Waals surface area (Å²) in [5, 5.41) is 35.9. The lowest BCUT2D eigenvalue weighted by molar-refractivity contribution is -0.0715. The maximum absolute atomic E-state index is 11.7. The molecule has 0 bridgehead atoms. The molecule has 4 N–H and O–H groups in total. The van der Waals surface area contributed by atoms with Gasteiger partial charge in [0, 0.05) is 30.3 Å². The van der Waals surface area contributed by atoms with E-state index in [2.05, 4.69) is 29.4 Å². The van der Waals surface area contributed by atoms with Crippen molar-refractivity contribution in [3.63, 3.8) is 0 Å². The van der Waals surface area contributed by atoms with Gasteiger partial charge in [-0.1, -0.05) is 44.7 Å². The van der Waals surface area contributed by atoms with Gasteiger partial charge in [0.05, 0.1) is 12.7 Å². The zero-order chi connectivity index (χ0) is 26.6. The summed E-state index contributed by atoms with van der Waals surface area (Å²) in [6, 6.07) is 12.0. The molecule has 1 heterocycles. The normalized spacial score (nSPS) is 32.0. The van der Waals surface area contributed by atoms with Crippen molar-refractivity contribution in [2.75, 3.05) is 19.7 Å². The highest BCUT2D eigenvalue weighted by atomic mass is 16.3. The van der Waals surface area contributed by atoms with Gasteiger partial charge in [-0.15, -0.1) is 0 Å². The second kappa shape index (κ2) is 12.1. The van der Waals surface area contributed by atoms with E-state index in [1.54, 1.807) is 0 Å². The molecule has 5 rings (SSSR count). The number of nitrogens with one attached hydrogen (secondary N) is 1. The zero-order valence-corrected chi connectivity index (χ0v) is 23.2. The Bertz CT molecular complexity index is 1050. The van der Waals surface area contributed by atoms with E-state index in [-0.39, 0.29) is 17.4 Å². The summed E-state index contributed by atoms with van der Waals surface area (Å²) in [5.74, 6) is 1.92. The van der Waals surface area contributed by atoms with Crippen LogP contribution >= 0.6 is 0 Å². The number of unbranched alkanes of at least 4 members (excludes halogenated alkanes) is 4. The number of nitrogens with zero attached hydrogens (tertiary/aromatic N) is 1. The predicted molar refractivity (Wildman–Crippen MR) is 152 cm³/mol. The third-order valence-electron chi connectivity index (χ3n) is 10.6. The summed E-state index contributed by atoms with van der Waals surface area (Å²) in [6.07, 6.45) is 14.5. The van der Waals surface area contributed by atoms with Crippen LogP contribution in [0.1, 0.15) is 93.9 Å². The van der Waals surface area contributed by atoms with Crippen LogP contribution in [0, 0.1) is 22.7 Å². The van der Waals surface area contributed by atoms with Crippen LogP contribution in [0.5, 0.6) is 5.75 Å². The SMILES string of the molecule is C[C@]12CCC3c4ccc(O)cc4CCC3C1C[C@@](CO)(CCCCCCCNCCc1ccccn1)[C@@H]2O. The van der Waals surface area contributed by atoms with E-state index >= 15 is 0 Å². The maximum Gasteiger partial charge on any atom is 0.115 e. The topological polar surface area (TPSA) is 85.6 Å². The molecule has 6 atom stereocenters. The number of aryl methyl sites for hydroxylation is 1. The van der Waals surface area contributed by atoms with Gasteiger partial charge in [0.15, 0.2) is 0 Å². The molecule has 0 aliphatic heterocycles. The summed E-state index contributed by atoms with van der Waals surface area (Å²) in [5.41, 5.74) is 3.42. The summed E-state index contributed by atoms with van der Waals surface area (Å²) >= 11 is 0. The second-order valence-corrected chi connectivity index (χ2v) is 12.8. The molecule has 0 saturated heterocycles. The number of benzene rings is 1. The molecule has 3 aliphatic carbocycles. The quantitative estimate of drug-likeness (QED) is 0.267. The van der Waals surface area contributed by atoms with Crippen molar-refractivity contribution < 1.29 is 15.3 Å². The molecule has 1 aromatic heterocycles. The molecule has 2 saturated carbocycles. The minimum atomic E-state index is -0.421. The minimum Gasteiger partial charge on any atom is -0.508 e. The van der Waals surface area contributed by atoms with Crippen molar-refractivity contribution >= 4 is 0 Å². The number of aromatic nitrogens is 1. The van der Waals surface area contributed by atoms with Gasteiger partial charge in [-0.25, -0.2) is 0 Å². The molecule has 5 nitrogen and oxygen atoms in total. The van der Waals surface area contributed by atoms with Crippen LogP contribution in [0.4, 0.5) is 0 Å². The number of aromatic hydroxyl groups is 1. The van der Waals surface area contributed by atoms with Gasteiger partial charge in [0.25, 0.3) is 0 Å². The molecule has 3 unspecified atom stereocenters. The number of hydrogen-bond donors (Lipinski definition) is 4. The highest BCUT2D eigenvalue weighted by Crippen LogP contribution is 2.66. The summed E-state index contributed by atoms with van der Waals surface area (Å²) in [4.78, 5) is 4.37. The molecular weight excluding hydrogens is 472 g/mol. The monoisotopic (exact) mass is 520 g/mol. The first-order valence-electron chi connectivity index (χ1n) is 15.2. The maximum atomic E-state index is 11.7. The van der Waals surface area contributed by atoms with Crippen molar-refractivity contribution in [1.29, 1.82) is 0 Å². The summed E-state index contributed by atoms with van der Waals surface area (Å²) < 4.78 is 0. The molecule has 2 fully saturated rings. The van der Waals surface area contributed by atoms with Gasteiger partial charge in [0.1, 0.15) is 5.75 Å². The van der Waals surface area contributed by atoms with Gasteiger partial charge in [-0.05, 0) is 110 Å². The minimum absolute atomic E-state index is 0.0980. The number of phenolic OH excluding ortho intramolecular Hbond substituents is 1. The van der Waals surface area contributed by atoms with Crippen LogP contribution in [-0.2, 0) is 12.8 Å². The van der Waals surface area contributed by atoms with Crippen molar-refractivity contribution in [3.8, 4) is 5.75 Å². The lowest BCUT2D eigenvalue weighted by Gasteiger charge is -2.50. The van der Waals surface area contributed by atoms with E-state index in [0.29, 0.717) is 23.5 Å². The number of aliphatic hydroxyl groups excluding tert-OH is 2. The summed E-state index contributed by atoms with van der Waals surface area (Å²) in [7, 11) is 0. The molecule has 5 heteroatoms. The third kappa shape index (κ3) is 5.52. The Labute approximate surface area is 229 Å². The molecule has 38 heavy (non-hydrogen) atoms. The van der Waals surface area contributed by atoms with Gasteiger partial charge in [-0.2, -0.15) is 0 Å². The van der Waals surface area contributed by atoms with Crippen LogP contribution in [0.3, 0.4) is 0 Å². The third-order valence-corrected chi connectivity index (χ3v) is 10.6. The molecule has 2 aromatic rings. The number of hydrogen-bond acceptors (Lipinski definition) is 5. The number of aliphatic hydroxyl groups is 2. The Hall–Kier alpha value is -1.95. The van der Waals surface area contributed by atoms with Crippen molar-refractivity contribution in [3.05, 3.63) is 59.4 Å². The average molecular weight is 521 g/mol. The van der Waals surface area contributed by atoms with Crippen LogP contribution < -0.4 is 5.32 Å². The standard InChI is InChI=1S/C33H48N2O3/c1-32-17-14-28-27-13-11-26(37)21-24(27)10-12-29(28)30(32)22-33(23-36,31(32)38)16-6-3-2-4-7-18-34-20-15-25-9-5-8-19-35-25/h5,8-9,11,13,19,21,28-31,34,36-38H,2-4,6-7,10,12,14-18,20,22-23H2,1H3/t28?,29?,30?,31-,32+,33-/m1/s1. The fourth-order valence-corrected chi connectivity index (χ4v) is 8.50. The van der Waals surface area contributed by atoms with Crippen molar-refractivity contribution in [1.82, 2.24) is 10.3 Å². The summed E-state index contributed by atoms with van der Waals surface area (Å²) in [6.45, 7) is 4.44. The fraction of sp³-hybridized carbons (Fsp3) is 0.667. The molecule has 3 aliphatic rings. The van der Waals surface area contributed by atoms with E-state index in [9.17, 15) is 15.3 Å². The number of phenols is 1. The van der Waals surface area contributed by atoms with E-state index in [4.69, 9.17) is 0 Å². The van der Waals surface area contributed by atoms with E-state index in [0.717, 1.165) is 70.2 Å². The highest BCUT2D eigenvalue weighted by Gasteiger charge is 2.63. The molecular formula is C33H48N2O3. The van der Waals surface area contributed by atoms with E-state index in [1.807, 2.05) is 30.5 Å². The van der Waals surface area contributed by atoms with E-state index in [1.165, 1.54) is 36.8 Å². The van der Waals surface area contributed by atoms with Crippen molar-refractivity contribution in [2.24, 2.45) is 22.7 Å². The van der Waals surface area contributed by atoms with Crippen LogP contribution in [-0.4, -0.2) is 46.1 Å². The number of pyridine rings is 1. The smallest absolute Gasteiger partial charge is 0.115 e. The lowest BCUT2D eigenvalue weighted by Crippen LogP contribution is -2.46. The molecule has 208 valence electrons. The predicted octanol–water partition coefficient (Wildman–Crippen LogP) is 5.77. The van der Waals surface area contributed by atoms with Crippen LogP contribution in [0.25, 0.3) is 0 Å². The molecule has 0 spiro atoms. The molecule has 1 aromatic carbocycles. The average Bonchev–Trinajstić information content (AvgIpc) is 3.17.